The fourth-order valence-electron chi connectivity index (χ4n) is 7.11. The molecule has 6 aromatic carbocycles. The molecule has 0 fully saturated rings. The van der Waals surface area contributed by atoms with E-state index in [0.717, 1.165) is 24.2 Å². The van der Waals surface area contributed by atoms with E-state index in [4.69, 9.17) is 4.98 Å². The number of hydrogen-bond donors (Lipinski definition) is 0. The maximum Gasteiger partial charge on any atom is 1.00 e. The van der Waals surface area contributed by atoms with E-state index in [1.54, 1.807) is 0 Å². The van der Waals surface area contributed by atoms with Gasteiger partial charge in [0.1, 0.15) is 38.5 Å². The predicted molar refractivity (Wildman–Crippen MR) is 250 cm³/mol. The zero-order chi connectivity index (χ0) is 39.1. The number of nitrogens with zero attached hydrogens (tertiary/aromatic N) is 2. The van der Waals surface area contributed by atoms with Crippen LogP contribution >= 0.6 is 15.8 Å². The number of aromatic nitrogens is 2. The zero-order valence-corrected chi connectivity index (χ0v) is 37.6. The summed E-state index contributed by atoms with van der Waals surface area (Å²) in [5.74, 6) is 5.01. The first-order valence-corrected chi connectivity index (χ1v) is 23.0. The minimum Gasteiger partial charge on any atom is -0.326 e. The van der Waals surface area contributed by atoms with Gasteiger partial charge in [0, 0.05) is 6.20 Å². The van der Waals surface area contributed by atoms with Crippen molar-refractivity contribution >= 4 is 37.1 Å². The summed E-state index contributed by atoms with van der Waals surface area (Å²) in [5.41, 5.74) is 6.93. The third-order valence-electron chi connectivity index (χ3n) is 10.1. The second-order valence-corrected chi connectivity index (χ2v) is 18.4. The van der Waals surface area contributed by atoms with E-state index in [-0.39, 0.29) is 19.8 Å². The van der Waals surface area contributed by atoms with Crippen LogP contribution in [0.2, 0.25) is 0 Å². The van der Waals surface area contributed by atoms with Crippen molar-refractivity contribution in [3.8, 4) is 33.6 Å². The molecule has 8 aromatic rings. The SMILES string of the molecule is C(=C/[PH+](c1ccccc1)c1ccccc1)/[PH+](c1ccccc1)c1ccccc1.CC[C-](CC)[n+]1ccc(-c2ccccc2)cc1-c1cc(-c2ccccc2)ccn1.[Os+]. The largest absolute Gasteiger partial charge is 1.00 e. The second kappa shape index (κ2) is 22.0. The van der Waals surface area contributed by atoms with Crippen molar-refractivity contribution < 1.29 is 24.4 Å². The third kappa shape index (κ3) is 11.0. The Morgan fingerprint density at radius 3 is 1.19 bits per heavy atom. The topological polar surface area (TPSA) is 16.8 Å². The Labute approximate surface area is 361 Å². The Morgan fingerprint density at radius 1 is 0.448 bits per heavy atom. The summed E-state index contributed by atoms with van der Waals surface area (Å²) in [4.78, 5) is 4.75. The van der Waals surface area contributed by atoms with Gasteiger partial charge in [-0.15, -0.1) is 0 Å². The fourth-order valence-corrected chi connectivity index (χ4v) is 12.1. The summed E-state index contributed by atoms with van der Waals surface area (Å²) >= 11 is 0. The van der Waals surface area contributed by atoms with Gasteiger partial charge in [-0.25, -0.2) is 0 Å². The summed E-state index contributed by atoms with van der Waals surface area (Å²) in [7, 11) is -1.93. The Bertz CT molecular complexity index is 2260. The van der Waals surface area contributed by atoms with Gasteiger partial charge in [-0.05, 0) is 108 Å². The Kier molecular flexibility index (Phi) is 16.1. The van der Waals surface area contributed by atoms with Gasteiger partial charge in [-0.2, -0.15) is 0 Å². The van der Waals surface area contributed by atoms with Crippen LogP contribution < -0.4 is 25.8 Å². The average molecular weight is 967 g/mol. The van der Waals surface area contributed by atoms with E-state index in [2.05, 4.69) is 236 Å². The Balaban J connectivity index is 0.000000192. The van der Waals surface area contributed by atoms with Gasteiger partial charge >= 0.3 is 19.8 Å². The molecule has 0 unspecified atom stereocenters. The van der Waals surface area contributed by atoms with Gasteiger partial charge in [-0.1, -0.05) is 147 Å². The summed E-state index contributed by atoms with van der Waals surface area (Å²) in [6.45, 7) is 4.43. The maximum atomic E-state index is 4.75. The van der Waals surface area contributed by atoms with Crippen LogP contribution in [0.25, 0.3) is 33.6 Å². The van der Waals surface area contributed by atoms with E-state index >= 15 is 0 Å². The number of pyridine rings is 2. The van der Waals surface area contributed by atoms with Gasteiger partial charge in [0.25, 0.3) is 0 Å². The molecule has 8 rings (SSSR count). The van der Waals surface area contributed by atoms with E-state index in [1.807, 2.05) is 12.3 Å². The number of rotatable bonds is 12. The normalized spacial score (nSPS) is 10.8. The molecule has 0 aliphatic rings. The van der Waals surface area contributed by atoms with Crippen molar-refractivity contribution in [3.63, 3.8) is 0 Å². The van der Waals surface area contributed by atoms with E-state index in [1.165, 1.54) is 49.5 Å². The molecule has 2 heterocycles. The third-order valence-corrected chi connectivity index (χ3v) is 15.3. The van der Waals surface area contributed by atoms with Crippen LogP contribution in [-0.4, -0.2) is 4.98 Å². The zero-order valence-electron chi connectivity index (χ0n) is 33.1. The van der Waals surface area contributed by atoms with Crippen LogP contribution in [0, 0.1) is 6.04 Å². The summed E-state index contributed by atoms with van der Waals surface area (Å²) in [6.07, 6.45) is 6.13. The molecule has 0 N–H and O–H groups in total. The molecule has 0 saturated heterocycles. The van der Waals surface area contributed by atoms with Gasteiger partial charge in [0.05, 0.1) is 33.8 Å². The minimum atomic E-state index is -0.964. The number of benzene rings is 6. The maximum absolute atomic E-state index is 4.75. The fraction of sp³-hybridized carbons (Fsp3) is 0.0755. The first-order chi connectivity index (χ1) is 28.2. The minimum absolute atomic E-state index is 0. The molecule has 0 bridgehead atoms. The first-order valence-electron chi connectivity index (χ1n) is 19.8. The number of hydrogen-bond acceptors (Lipinski definition) is 1. The monoisotopic (exact) mass is 968 g/mol. The van der Waals surface area contributed by atoms with Crippen molar-refractivity contribution in [2.75, 3.05) is 0 Å². The summed E-state index contributed by atoms with van der Waals surface area (Å²) in [5, 5.41) is 5.71. The van der Waals surface area contributed by atoms with Crippen LogP contribution in [0.5, 0.6) is 0 Å². The molecule has 287 valence electrons. The van der Waals surface area contributed by atoms with E-state index in [0.29, 0.717) is 0 Å². The van der Waals surface area contributed by atoms with Gasteiger partial charge in [0.2, 0.25) is 0 Å². The summed E-state index contributed by atoms with van der Waals surface area (Å²) in [6, 6.07) is 74.9. The second-order valence-electron chi connectivity index (χ2n) is 13.7. The molecule has 0 spiro atoms. The molecule has 58 heavy (non-hydrogen) atoms. The van der Waals surface area contributed by atoms with Gasteiger partial charge < -0.3 is 4.57 Å². The van der Waals surface area contributed by atoms with Crippen molar-refractivity contribution in [2.45, 2.75) is 26.7 Å². The van der Waals surface area contributed by atoms with Gasteiger partial charge in [0.15, 0.2) is 0 Å². The standard InChI is InChI=1S/C27H26N2.C26H22P2.Os/c1-3-25(4-2)29-18-16-24(22-13-9-6-10-14-22)20-27(29)26-19-23(15-17-28-26)21-11-7-5-8-12-21;1-5-13-23(14-6-1)27(24-15-7-2-8-16-24)21-22-28(25-17-9-3-10-18-25)26-19-11-4-12-20-26;/h5-20H,3-4H2,1-2H3;1-22H;/q;;+1/p+2/b;22-21-;. The molecule has 0 saturated carbocycles. The molecule has 1 radical (unpaired) electrons. The molecule has 5 heteroatoms. The van der Waals surface area contributed by atoms with Crippen LogP contribution in [0.15, 0.2) is 230 Å². The van der Waals surface area contributed by atoms with Crippen LogP contribution in [0.3, 0.4) is 0 Å². The molecular formula is C53H50N2OsP2+3. The van der Waals surface area contributed by atoms with Gasteiger partial charge in [-0.3, -0.25) is 4.98 Å². The van der Waals surface area contributed by atoms with Crippen molar-refractivity contribution in [2.24, 2.45) is 0 Å². The van der Waals surface area contributed by atoms with Crippen LogP contribution in [0.4, 0.5) is 0 Å². The van der Waals surface area contributed by atoms with E-state index in [9.17, 15) is 0 Å². The van der Waals surface area contributed by atoms with Crippen molar-refractivity contribution in [1.29, 1.82) is 0 Å². The molecule has 2 nitrogen and oxygen atoms in total. The molecule has 2 aromatic heterocycles. The molecule has 0 aliphatic carbocycles. The first kappa shape index (κ1) is 42.3. The molecule has 0 aliphatic heterocycles. The van der Waals surface area contributed by atoms with Crippen LogP contribution in [0.1, 0.15) is 26.7 Å². The van der Waals surface area contributed by atoms with Crippen molar-refractivity contribution in [1.82, 2.24) is 4.98 Å². The van der Waals surface area contributed by atoms with Crippen LogP contribution in [-0.2, 0) is 19.8 Å². The Hall–Kier alpha value is -5.27. The Morgan fingerprint density at radius 2 is 0.810 bits per heavy atom. The van der Waals surface area contributed by atoms with E-state index < -0.39 is 15.8 Å². The predicted octanol–water partition coefficient (Wildman–Crippen LogP) is 11.8. The van der Waals surface area contributed by atoms with Crippen molar-refractivity contribution in [3.05, 3.63) is 236 Å². The molecule has 0 atom stereocenters. The quantitative estimate of drug-likeness (QED) is 0.0677. The smallest absolute Gasteiger partial charge is 0.326 e. The molecular weight excluding hydrogens is 917 g/mol. The summed E-state index contributed by atoms with van der Waals surface area (Å²) < 4.78 is 2.31. The molecule has 0 amide bonds. The average Bonchev–Trinajstić information content (AvgIpc) is 3.30.